The van der Waals surface area contributed by atoms with Gasteiger partial charge in [-0.2, -0.15) is 0 Å². The quantitative estimate of drug-likeness (QED) is 0.512. The first-order valence-corrected chi connectivity index (χ1v) is 5.88. The molecule has 0 aromatic heterocycles. The highest BCUT2D eigenvalue weighted by Gasteiger charge is 2.33. The first-order chi connectivity index (χ1) is 6.57. The van der Waals surface area contributed by atoms with Gasteiger partial charge < -0.3 is 4.90 Å². The Labute approximate surface area is 91.6 Å². The summed E-state index contributed by atoms with van der Waals surface area (Å²) in [6.45, 7) is 4.42. The molecule has 0 N–H and O–H groups in total. The lowest BCUT2D eigenvalue weighted by atomic mass is 9.76. The molecule has 14 heavy (non-hydrogen) atoms. The molecular weight excluding hydrogens is 198 g/mol. The van der Waals surface area contributed by atoms with Crippen molar-refractivity contribution >= 4 is 17.0 Å². The van der Waals surface area contributed by atoms with Crippen molar-refractivity contribution in [3.8, 4) is 0 Å². The summed E-state index contributed by atoms with van der Waals surface area (Å²) in [6, 6.07) is 0.346. The maximum atomic E-state index is 11.1. The summed E-state index contributed by atoms with van der Waals surface area (Å²) < 4.78 is 0. The smallest absolute Gasteiger partial charge is 0.316 e. The van der Waals surface area contributed by atoms with Crippen LogP contribution in [0.25, 0.3) is 0 Å². The molecule has 82 valence electrons. The SMILES string of the molecule is CCC1CCCC(C)C1N(C)C(=O)Cl. The van der Waals surface area contributed by atoms with Crippen molar-refractivity contribution in [2.75, 3.05) is 7.05 Å². The minimum Gasteiger partial charge on any atom is -0.329 e. The van der Waals surface area contributed by atoms with Crippen molar-refractivity contribution in [2.24, 2.45) is 11.8 Å². The fourth-order valence-electron chi connectivity index (χ4n) is 2.77. The van der Waals surface area contributed by atoms with Crippen LogP contribution < -0.4 is 0 Å². The third-order valence-corrected chi connectivity index (χ3v) is 3.82. The molecule has 0 spiro atoms. The molecule has 3 heteroatoms. The van der Waals surface area contributed by atoms with E-state index in [2.05, 4.69) is 13.8 Å². The predicted octanol–water partition coefficient (Wildman–Crippen LogP) is 3.49. The Balaban J connectivity index is 2.72. The third-order valence-electron chi connectivity index (χ3n) is 3.55. The summed E-state index contributed by atoms with van der Waals surface area (Å²) in [4.78, 5) is 12.9. The molecule has 3 atom stereocenters. The Bertz CT molecular complexity index is 207. The number of carbonyl (C=O) groups is 1. The standard InChI is InChI=1S/C11H20ClNO/c1-4-9-7-5-6-8(2)10(9)13(3)11(12)14/h8-10H,4-7H2,1-3H3. The number of carbonyl (C=O) groups excluding carboxylic acids is 1. The monoisotopic (exact) mass is 217 g/mol. The predicted molar refractivity (Wildman–Crippen MR) is 59.6 cm³/mol. The van der Waals surface area contributed by atoms with E-state index < -0.39 is 0 Å². The molecule has 0 aromatic rings. The number of amides is 1. The summed E-state index contributed by atoms with van der Waals surface area (Å²) in [7, 11) is 1.82. The lowest BCUT2D eigenvalue weighted by molar-refractivity contribution is 0.109. The summed E-state index contributed by atoms with van der Waals surface area (Å²) in [6.07, 6.45) is 4.89. The van der Waals surface area contributed by atoms with Crippen molar-refractivity contribution in [3.63, 3.8) is 0 Å². The number of nitrogens with zero attached hydrogens (tertiary/aromatic N) is 1. The Morgan fingerprint density at radius 2 is 2.14 bits per heavy atom. The van der Waals surface area contributed by atoms with Gasteiger partial charge in [-0.15, -0.1) is 0 Å². The molecule has 1 fully saturated rings. The van der Waals surface area contributed by atoms with Crippen LogP contribution >= 0.6 is 11.6 Å². The van der Waals surface area contributed by atoms with Gasteiger partial charge >= 0.3 is 5.37 Å². The minimum absolute atomic E-state index is 0.317. The molecule has 0 aliphatic heterocycles. The highest BCUT2D eigenvalue weighted by molar-refractivity contribution is 6.62. The second-order valence-corrected chi connectivity index (χ2v) is 4.75. The van der Waals surface area contributed by atoms with Gasteiger partial charge in [-0.05, 0) is 36.3 Å². The van der Waals surface area contributed by atoms with Crippen molar-refractivity contribution in [1.82, 2.24) is 4.90 Å². The maximum Gasteiger partial charge on any atom is 0.316 e. The van der Waals surface area contributed by atoms with Gasteiger partial charge in [-0.3, -0.25) is 4.79 Å². The van der Waals surface area contributed by atoms with Crippen LogP contribution in [0.1, 0.15) is 39.5 Å². The van der Waals surface area contributed by atoms with Crippen molar-refractivity contribution in [2.45, 2.75) is 45.6 Å². The molecule has 0 radical (unpaired) electrons. The zero-order valence-corrected chi connectivity index (χ0v) is 10.0. The largest absolute Gasteiger partial charge is 0.329 e. The van der Waals surface area contributed by atoms with E-state index in [4.69, 9.17) is 11.6 Å². The number of rotatable bonds is 2. The van der Waals surface area contributed by atoms with E-state index in [-0.39, 0.29) is 5.37 Å². The van der Waals surface area contributed by atoms with Crippen LogP contribution in [0.3, 0.4) is 0 Å². The van der Waals surface area contributed by atoms with Gasteiger partial charge in [0.1, 0.15) is 0 Å². The Kier molecular flexibility index (Phi) is 4.24. The van der Waals surface area contributed by atoms with E-state index in [1.807, 2.05) is 7.05 Å². The molecule has 1 aliphatic carbocycles. The van der Waals surface area contributed by atoms with E-state index in [0.717, 1.165) is 6.42 Å². The van der Waals surface area contributed by atoms with Gasteiger partial charge in [0.2, 0.25) is 0 Å². The third kappa shape index (κ3) is 2.41. The van der Waals surface area contributed by atoms with Crippen molar-refractivity contribution < 1.29 is 4.79 Å². The Hall–Kier alpha value is -0.240. The van der Waals surface area contributed by atoms with Gasteiger partial charge in [0.15, 0.2) is 0 Å². The average Bonchev–Trinajstić information content (AvgIpc) is 2.16. The summed E-state index contributed by atoms with van der Waals surface area (Å²) in [5.41, 5.74) is 0. The molecule has 1 saturated carbocycles. The highest BCUT2D eigenvalue weighted by atomic mass is 35.5. The molecule has 1 amide bonds. The number of hydrogen-bond donors (Lipinski definition) is 0. The van der Waals surface area contributed by atoms with E-state index in [1.165, 1.54) is 19.3 Å². The fraction of sp³-hybridized carbons (Fsp3) is 0.909. The lowest BCUT2D eigenvalue weighted by Gasteiger charge is -2.41. The zero-order chi connectivity index (χ0) is 10.7. The summed E-state index contributed by atoms with van der Waals surface area (Å²) in [5, 5.41) is -0.317. The molecule has 0 heterocycles. The first kappa shape index (κ1) is 11.8. The van der Waals surface area contributed by atoms with E-state index in [9.17, 15) is 4.79 Å². The van der Waals surface area contributed by atoms with Gasteiger partial charge in [-0.25, -0.2) is 0 Å². The van der Waals surface area contributed by atoms with Crippen LogP contribution in [-0.4, -0.2) is 23.4 Å². The van der Waals surface area contributed by atoms with Gasteiger partial charge in [0.05, 0.1) is 0 Å². The van der Waals surface area contributed by atoms with Gasteiger partial charge in [-0.1, -0.05) is 26.7 Å². The fourth-order valence-corrected chi connectivity index (χ4v) is 2.88. The van der Waals surface area contributed by atoms with E-state index in [1.54, 1.807) is 4.90 Å². The number of halogens is 1. The van der Waals surface area contributed by atoms with Crippen molar-refractivity contribution in [3.05, 3.63) is 0 Å². The van der Waals surface area contributed by atoms with Gasteiger partial charge in [0.25, 0.3) is 0 Å². The molecular formula is C11H20ClNO. The molecule has 3 unspecified atom stereocenters. The normalized spacial score (nSPS) is 32.7. The highest BCUT2D eigenvalue weighted by Crippen LogP contribution is 2.34. The van der Waals surface area contributed by atoms with Gasteiger partial charge in [0, 0.05) is 13.1 Å². The average molecular weight is 218 g/mol. The van der Waals surface area contributed by atoms with Crippen LogP contribution in [0.2, 0.25) is 0 Å². The van der Waals surface area contributed by atoms with Crippen molar-refractivity contribution in [1.29, 1.82) is 0 Å². The zero-order valence-electron chi connectivity index (χ0n) is 9.29. The molecule has 0 bridgehead atoms. The van der Waals surface area contributed by atoms with Crippen LogP contribution in [0.4, 0.5) is 4.79 Å². The lowest BCUT2D eigenvalue weighted by Crippen LogP contribution is -2.45. The van der Waals surface area contributed by atoms with Crippen LogP contribution in [0.5, 0.6) is 0 Å². The molecule has 2 nitrogen and oxygen atoms in total. The topological polar surface area (TPSA) is 20.3 Å². The molecule has 1 aliphatic rings. The van der Waals surface area contributed by atoms with E-state index in [0.29, 0.717) is 17.9 Å². The first-order valence-electron chi connectivity index (χ1n) is 5.50. The van der Waals surface area contributed by atoms with E-state index >= 15 is 0 Å². The van der Waals surface area contributed by atoms with Crippen LogP contribution in [-0.2, 0) is 0 Å². The Morgan fingerprint density at radius 1 is 1.50 bits per heavy atom. The maximum absolute atomic E-state index is 11.1. The number of hydrogen-bond acceptors (Lipinski definition) is 1. The second kappa shape index (κ2) is 5.01. The molecule has 0 aromatic carbocycles. The minimum atomic E-state index is -0.317. The summed E-state index contributed by atoms with van der Waals surface area (Å²) in [5.74, 6) is 1.22. The van der Waals surface area contributed by atoms with Crippen LogP contribution in [0, 0.1) is 11.8 Å². The second-order valence-electron chi connectivity index (χ2n) is 4.43. The Morgan fingerprint density at radius 3 is 2.64 bits per heavy atom. The molecule has 1 rings (SSSR count). The van der Waals surface area contributed by atoms with Crippen LogP contribution in [0.15, 0.2) is 0 Å². The summed E-state index contributed by atoms with van der Waals surface area (Å²) >= 11 is 5.54. The molecule has 0 saturated heterocycles.